The fourth-order valence-electron chi connectivity index (χ4n) is 3.29. The van der Waals surface area contributed by atoms with Crippen LogP contribution in [-0.2, 0) is 9.47 Å². The largest absolute Gasteiger partial charge is 0.450 e. The summed E-state index contributed by atoms with van der Waals surface area (Å²) in [5.41, 5.74) is -0.503. The van der Waals surface area contributed by atoms with Gasteiger partial charge in [0.15, 0.2) is 0 Å². The van der Waals surface area contributed by atoms with Crippen molar-refractivity contribution in [1.29, 1.82) is 0 Å². The summed E-state index contributed by atoms with van der Waals surface area (Å²) in [6.07, 6.45) is 3.58. The molecule has 6 nitrogen and oxygen atoms in total. The van der Waals surface area contributed by atoms with Gasteiger partial charge in [-0.05, 0) is 33.6 Å². The van der Waals surface area contributed by atoms with Crippen LogP contribution in [-0.4, -0.2) is 48.4 Å². The predicted octanol–water partition coefficient (Wildman–Crippen LogP) is 2.79. The Labute approximate surface area is 138 Å². The summed E-state index contributed by atoms with van der Waals surface area (Å²) in [7, 11) is 0. The van der Waals surface area contributed by atoms with Gasteiger partial charge in [0.2, 0.25) is 0 Å². The van der Waals surface area contributed by atoms with E-state index in [1.165, 1.54) is 0 Å². The van der Waals surface area contributed by atoms with Crippen molar-refractivity contribution < 1.29 is 19.1 Å². The zero-order valence-corrected chi connectivity index (χ0v) is 14.7. The van der Waals surface area contributed by atoms with Crippen molar-refractivity contribution in [2.24, 2.45) is 17.8 Å². The number of carbonyl (C=O) groups is 2. The third kappa shape index (κ3) is 4.39. The lowest BCUT2D eigenvalue weighted by atomic mass is 9.77. The second-order valence-corrected chi connectivity index (χ2v) is 7.35. The molecule has 1 aliphatic carbocycles. The highest BCUT2D eigenvalue weighted by atomic mass is 16.6. The standard InChI is InChI=1S/C17H28N2O4/c1-6-22-15(20)18-14-11(2)7-8-12-9-19(10-13(12)14)16(21)23-17(3,4)5/h7-8,11-14H,6,9-10H2,1-5H3,(H,18,20). The van der Waals surface area contributed by atoms with Gasteiger partial charge >= 0.3 is 12.2 Å². The molecule has 0 aromatic heterocycles. The molecule has 2 aliphatic rings. The number of nitrogens with one attached hydrogen (secondary N) is 1. The normalized spacial score (nSPS) is 29.9. The Morgan fingerprint density at radius 2 is 1.96 bits per heavy atom. The van der Waals surface area contributed by atoms with Crippen molar-refractivity contribution in [1.82, 2.24) is 10.2 Å². The summed E-state index contributed by atoms with van der Waals surface area (Å²) in [5.74, 6) is 0.636. The number of ether oxygens (including phenoxy) is 2. The summed E-state index contributed by atoms with van der Waals surface area (Å²) < 4.78 is 10.5. The Morgan fingerprint density at radius 3 is 2.57 bits per heavy atom. The van der Waals surface area contributed by atoms with Crippen LogP contribution in [0.15, 0.2) is 12.2 Å². The predicted molar refractivity (Wildman–Crippen MR) is 87.0 cm³/mol. The molecular weight excluding hydrogens is 296 g/mol. The number of hydrogen-bond donors (Lipinski definition) is 1. The number of amides is 2. The SMILES string of the molecule is CCOC(=O)NC1C(C)C=CC2CN(C(=O)OC(C)(C)C)CC21. The van der Waals surface area contributed by atoms with Gasteiger partial charge in [-0.2, -0.15) is 0 Å². The first-order chi connectivity index (χ1) is 10.7. The van der Waals surface area contributed by atoms with Crippen LogP contribution < -0.4 is 5.32 Å². The maximum Gasteiger partial charge on any atom is 0.410 e. The fourth-order valence-corrected chi connectivity index (χ4v) is 3.29. The number of carbonyl (C=O) groups excluding carboxylic acids is 2. The monoisotopic (exact) mass is 324 g/mol. The highest BCUT2D eigenvalue weighted by molar-refractivity contribution is 5.69. The van der Waals surface area contributed by atoms with Crippen LogP contribution in [0.3, 0.4) is 0 Å². The highest BCUT2D eigenvalue weighted by Gasteiger charge is 2.44. The molecule has 130 valence electrons. The summed E-state index contributed by atoms with van der Waals surface area (Å²) in [6.45, 7) is 11.0. The molecule has 0 aromatic carbocycles. The van der Waals surface area contributed by atoms with Crippen molar-refractivity contribution in [3.63, 3.8) is 0 Å². The molecule has 0 spiro atoms. The number of nitrogens with zero attached hydrogens (tertiary/aromatic N) is 1. The lowest BCUT2D eigenvalue weighted by Crippen LogP contribution is -2.48. The third-order valence-electron chi connectivity index (χ3n) is 4.31. The fraction of sp³-hybridized carbons (Fsp3) is 0.765. The van der Waals surface area contributed by atoms with E-state index in [0.29, 0.717) is 19.7 Å². The van der Waals surface area contributed by atoms with Crippen LogP contribution in [0.2, 0.25) is 0 Å². The van der Waals surface area contributed by atoms with E-state index >= 15 is 0 Å². The minimum absolute atomic E-state index is 0.0310. The molecule has 0 saturated carbocycles. The van der Waals surface area contributed by atoms with Crippen molar-refractivity contribution in [2.45, 2.75) is 46.3 Å². The molecule has 1 aliphatic heterocycles. The molecule has 2 rings (SSSR count). The van der Waals surface area contributed by atoms with Gasteiger partial charge in [-0.3, -0.25) is 0 Å². The number of rotatable bonds is 2. The molecule has 23 heavy (non-hydrogen) atoms. The van der Waals surface area contributed by atoms with E-state index in [1.54, 1.807) is 11.8 Å². The first-order valence-corrected chi connectivity index (χ1v) is 8.30. The van der Waals surface area contributed by atoms with Crippen LogP contribution in [0, 0.1) is 17.8 Å². The van der Waals surface area contributed by atoms with E-state index in [1.807, 2.05) is 20.8 Å². The quantitative estimate of drug-likeness (QED) is 0.793. The van der Waals surface area contributed by atoms with Crippen molar-refractivity contribution in [2.75, 3.05) is 19.7 Å². The Bertz CT molecular complexity index is 483. The number of likely N-dealkylation sites (tertiary alicyclic amines) is 1. The second-order valence-electron chi connectivity index (χ2n) is 7.35. The van der Waals surface area contributed by atoms with E-state index in [9.17, 15) is 9.59 Å². The number of alkyl carbamates (subject to hydrolysis) is 1. The molecular formula is C17H28N2O4. The molecule has 4 unspecified atom stereocenters. The Balaban J connectivity index is 2.04. The van der Waals surface area contributed by atoms with E-state index in [-0.39, 0.29) is 29.9 Å². The topological polar surface area (TPSA) is 67.9 Å². The second kappa shape index (κ2) is 6.81. The Morgan fingerprint density at radius 1 is 1.26 bits per heavy atom. The van der Waals surface area contributed by atoms with Gasteiger partial charge in [0.05, 0.1) is 6.61 Å². The Kier molecular flexibility index (Phi) is 5.22. The molecule has 4 atom stereocenters. The maximum atomic E-state index is 12.3. The first kappa shape index (κ1) is 17.6. The average molecular weight is 324 g/mol. The number of hydrogen-bond acceptors (Lipinski definition) is 4. The Hall–Kier alpha value is -1.72. The van der Waals surface area contributed by atoms with Gasteiger partial charge < -0.3 is 19.7 Å². The van der Waals surface area contributed by atoms with Crippen LogP contribution in [0.5, 0.6) is 0 Å². The summed E-state index contributed by atoms with van der Waals surface area (Å²) >= 11 is 0. The van der Waals surface area contributed by atoms with Gasteiger partial charge in [-0.15, -0.1) is 0 Å². The molecule has 1 saturated heterocycles. The van der Waals surface area contributed by atoms with Crippen LogP contribution >= 0.6 is 0 Å². The van der Waals surface area contributed by atoms with Crippen molar-refractivity contribution in [3.8, 4) is 0 Å². The molecule has 0 bridgehead atoms. The van der Waals surface area contributed by atoms with Gasteiger partial charge in [-0.1, -0.05) is 19.1 Å². The molecule has 1 fully saturated rings. The smallest absolute Gasteiger partial charge is 0.410 e. The lowest BCUT2D eigenvalue weighted by molar-refractivity contribution is 0.0283. The van der Waals surface area contributed by atoms with Gasteiger partial charge in [0.1, 0.15) is 5.60 Å². The minimum atomic E-state index is -0.503. The van der Waals surface area contributed by atoms with Gasteiger partial charge in [0.25, 0.3) is 0 Å². The van der Waals surface area contributed by atoms with Gasteiger partial charge in [-0.25, -0.2) is 9.59 Å². The number of fused-ring (bicyclic) bond motifs is 1. The van der Waals surface area contributed by atoms with Crippen molar-refractivity contribution >= 4 is 12.2 Å². The molecule has 2 amide bonds. The molecule has 1 heterocycles. The molecule has 6 heteroatoms. The molecule has 0 radical (unpaired) electrons. The van der Waals surface area contributed by atoms with Crippen LogP contribution in [0.4, 0.5) is 9.59 Å². The van der Waals surface area contributed by atoms with E-state index in [0.717, 1.165) is 0 Å². The van der Waals surface area contributed by atoms with Crippen molar-refractivity contribution in [3.05, 3.63) is 12.2 Å². The average Bonchev–Trinajstić information content (AvgIpc) is 2.85. The third-order valence-corrected chi connectivity index (χ3v) is 4.31. The first-order valence-electron chi connectivity index (χ1n) is 8.30. The molecule has 1 N–H and O–H groups in total. The maximum absolute atomic E-state index is 12.3. The van der Waals surface area contributed by atoms with E-state index < -0.39 is 11.7 Å². The lowest BCUT2D eigenvalue weighted by Gasteiger charge is -2.34. The molecule has 0 aromatic rings. The summed E-state index contributed by atoms with van der Waals surface area (Å²) in [4.78, 5) is 25.8. The van der Waals surface area contributed by atoms with Crippen LogP contribution in [0.25, 0.3) is 0 Å². The van der Waals surface area contributed by atoms with E-state index in [4.69, 9.17) is 9.47 Å². The van der Waals surface area contributed by atoms with Gasteiger partial charge in [0, 0.05) is 31.0 Å². The zero-order chi connectivity index (χ0) is 17.2. The summed E-state index contributed by atoms with van der Waals surface area (Å²) in [5, 5.41) is 2.96. The zero-order valence-electron chi connectivity index (χ0n) is 14.7. The summed E-state index contributed by atoms with van der Waals surface area (Å²) in [6, 6.07) is -0.0310. The highest BCUT2D eigenvalue weighted by Crippen LogP contribution is 2.35. The minimum Gasteiger partial charge on any atom is -0.450 e. The van der Waals surface area contributed by atoms with Crippen LogP contribution in [0.1, 0.15) is 34.6 Å². The van der Waals surface area contributed by atoms with E-state index in [2.05, 4.69) is 24.4 Å².